The molecule has 0 N–H and O–H groups in total. The average Bonchev–Trinajstić information content (AvgIpc) is 2.32. The van der Waals surface area contributed by atoms with Crippen molar-refractivity contribution in [3.8, 4) is 5.75 Å². The van der Waals surface area contributed by atoms with Gasteiger partial charge in [-0.3, -0.25) is 0 Å². The first-order chi connectivity index (χ1) is 8.17. The predicted octanol–water partition coefficient (Wildman–Crippen LogP) is 2.97. The van der Waals surface area contributed by atoms with Crippen molar-refractivity contribution in [1.82, 2.24) is 0 Å². The Morgan fingerprint density at radius 1 is 1.24 bits per heavy atom. The van der Waals surface area contributed by atoms with Crippen molar-refractivity contribution in [3.05, 3.63) is 29.8 Å². The molecule has 3 heteroatoms. The number of aryl methyl sites for hydroxylation is 1. The van der Waals surface area contributed by atoms with Gasteiger partial charge in [-0.05, 0) is 38.0 Å². The van der Waals surface area contributed by atoms with Gasteiger partial charge < -0.3 is 9.47 Å². The summed E-state index contributed by atoms with van der Waals surface area (Å²) in [6.07, 6.45) is 1.62. The van der Waals surface area contributed by atoms with Crippen LogP contribution in [-0.2, 0) is 16.0 Å². The Labute approximate surface area is 103 Å². The molecule has 1 rings (SSSR count). The van der Waals surface area contributed by atoms with Crippen LogP contribution in [-0.4, -0.2) is 18.7 Å². The van der Waals surface area contributed by atoms with Gasteiger partial charge in [0.25, 0.3) is 0 Å². The molecule has 0 aromatic heterocycles. The van der Waals surface area contributed by atoms with Gasteiger partial charge in [0.1, 0.15) is 5.75 Å². The molecule has 0 aliphatic rings. The number of carbonyl (C=O) groups is 1. The average molecular weight is 236 g/mol. The number of carbonyl (C=O) groups excluding carboxylic acids is 1. The molecule has 1 atom stereocenters. The van der Waals surface area contributed by atoms with E-state index in [2.05, 4.69) is 6.92 Å². The lowest BCUT2D eigenvalue weighted by Crippen LogP contribution is -2.26. The molecular formula is C14H20O3. The molecule has 0 unspecified atom stereocenters. The third-order valence-corrected chi connectivity index (χ3v) is 2.39. The van der Waals surface area contributed by atoms with Gasteiger partial charge in [0.2, 0.25) is 0 Å². The highest BCUT2D eigenvalue weighted by molar-refractivity contribution is 5.74. The summed E-state index contributed by atoms with van der Waals surface area (Å²) in [4.78, 5) is 11.4. The number of benzene rings is 1. The minimum absolute atomic E-state index is 0.329. The highest BCUT2D eigenvalue weighted by atomic mass is 16.6. The van der Waals surface area contributed by atoms with Crippen LogP contribution in [0.2, 0.25) is 0 Å². The number of rotatable bonds is 6. The monoisotopic (exact) mass is 236 g/mol. The second-order valence-corrected chi connectivity index (χ2v) is 3.91. The van der Waals surface area contributed by atoms with E-state index < -0.39 is 6.10 Å². The number of ether oxygens (including phenoxy) is 2. The van der Waals surface area contributed by atoms with Crippen LogP contribution in [0, 0.1) is 0 Å². The Hall–Kier alpha value is -1.51. The summed E-state index contributed by atoms with van der Waals surface area (Å²) >= 11 is 0. The molecule has 0 fully saturated rings. The molecule has 0 bridgehead atoms. The quantitative estimate of drug-likeness (QED) is 0.712. The maximum atomic E-state index is 11.4. The molecule has 0 saturated carbocycles. The third kappa shape index (κ3) is 4.47. The highest BCUT2D eigenvalue weighted by Gasteiger charge is 2.15. The van der Waals surface area contributed by atoms with E-state index in [-0.39, 0.29) is 5.97 Å². The van der Waals surface area contributed by atoms with Crippen LogP contribution in [0.25, 0.3) is 0 Å². The second-order valence-electron chi connectivity index (χ2n) is 3.91. The fourth-order valence-corrected chi connectivity index (χ4v) is 1.54. The lowest BCUT2D eigenvalue weighted by atomic mass is 10.1. The van der Waals surface area contributed by atoms with E-state index in [4.69, 9.17) is 9.47 Å². The van der Waals surface area contributed by atoms with Crippen LogP contribution < -0.4 is 4.74 Å². The van der Waals surface area contributed by atoms with Gasteiger partial charge in [-0.25, -0.2) is 4.79 Å². The molecule has 0 radical (unpaired) electrons. The van der Waals surface area contributed by atoms with Gasteiger partial charge >= 0.3 is 5.97 Å². The summed E-state index contributed by atoms with van der Waals surface area (Å²) < 4.78 is 10.4. The SMILES string of the molecule is CCCc1ccc(O[C@@H](C)C(=O)OCC)cc1. The fourth-order valence-electron chi connectivity index (χ4n) is 1.54. The Bertz CT molecular complexity index is 343. The molecule has 1 aromatic carbocycles. The van der Waals surface area contributed by atoms with Crippen LogP contribution >= 0.6 is 0 Å². The van der Waals surface area contributed by atoms with Gasteiger partial charge in [0, 0.05) is 0 Å². The second kappa shape index (κ2) is 6.94. The molecular weight excluding hydrogens is 216 g/mol. The van der Waals surface area contributed by atoms with Crippen molar-refractivity contribution in [3.63, 3.8) is 0 Å². The third-order valence-electron chi connectivity index (χ3n) is 2.39. The zero-order chi connectivity index (χ0) is 12.7. The molecule has 1 aromatic rings. The smallest absolute Gasteiger partial charge is 0.347 e. The summed E-state index contributed by atoms with van der Waals surface area (Å²) in [5, 5.41) is 0. The van der Waals surface area contributed by atoms with Gasteiger partial charge in [-0.15, -0.1) is 0 Å². The Kier molecular flexibility index (Phi) is 5.53. The largest absolute Gasteiger partial charge is 0.479 e. The van der Waals surface area contributed by atoms with E-state index in [9.17, 15) is 4.79 Å². The molecule has 0 amide bonds. The molecule has 0 heterocycles. The van der Waals surface area contributed by atoms with Crippen LogP contribution in [0.5, 0.6) is 5.75 Å². The van der Waals surface area contributed by atoms with E-state index in [1.807, 2.05) is 24.3 Å². The molecule has 0 aliphatic heterocycles. The number of esters is 1. The highest BCUT2D eigenvalue weighted by Crippen LogP contribution is 2.15. The zero-order valence-electron chi connectivity index (χ0n) is 10.7. The Balaban J connectivity index is 2.53. The van der Waals surface area contributed by atoms with Gasteiger partial charge in [0.05, 0.1) is 6.61 Å². The summed E-state index contributed by atoms with van der Waals surface area (Å²) in [5.74, 6) is 0.371. The van der Waals surface area contributed by atoms with Crippen molar-refractivity contribution in [2.24, 2.45) is 0 Å². The lowest BCUT2D eigenvalue weighted by molar-refractivity contribution is -0.150. The van der Waals surface area contributed by atoms with Crippen molar-refractivity contribution in [2.45, 2.75) is 39.7 Å². The lowest BCUT2D eigenvalue weighted by Gasteiger charge is -2.13. The standard InChI is InChI=1S/C14H20O3/c1-4-6-12-7-9-13(10-8-12)17-11(3)14(15)16-5-2/h7-11H,4-6H2,1-3H3/t11-/m0/s1. The molecule has 17 heavy (non-hydrogen) atoms. The van der Waals surface area contributed by atoms with E-state index >= 15 is 0 Å². The Morgan fingerprint density at radius 3 is 2.41 bits per heavy atom. The minimum atomic E-state index is -0.563. The van der Waals surface area contributed by atoms with Crippen LogP contribution in [0.15, 0.2) is 24.3 Å². The van der Waals surface area contributed by atoms with Crippen molar-refractivity contribution >= 4 is 5.97 Å². The zero-order valence-corrected chi connectivity index (χ0v) is 10.7. The first kappa shape index (κ1) is 13.6. The summed E-state index contributed by atoms with van der Waals surface area (Å²) in [6, 6.07) is 7.83. The fraction of sp³-hybridized carbons (Fsp3) is 0.500. The topological polar surface area (TPSA) is 35.5 Å². The van der Waals surface area contributed by atoms with Crippen molar-refractivity contribution < 1.29 is 14.3 Å². The van der Waals surface area contributed by atoms with E-state index in [0.29, 0.717) is 12.4 Å². The normalized spacial score (nSPS) is 11.9. The van der Waals surface area contributed by atoms with Crippen LogP contribution in [0.1, 0.15) is 32.8 Å². The maximum Gasteiger partial charge on any atom is 0.347 e. The summed E-state index contributed by atoms with van der Waals surface area (Å²) in [7, 11) is 0. The first-order valence-corrected chi connectivity index (χ1v) is 6.09. The van der Waals surface area contributed by atoms with Crippen molar-refractivity contribution in [2.75, 3.05) is 6.61 Å². The van der Waals surface area contributed by atoms with E-state index in [1.54, 1.807) is 13.8 Å². The van der Waals surface area contributed by atoms with E-state index in [1.165, 1.54) is 5.56 Å². The maximum absolute atomic E-state index is 11.4. The summed E-state index contributed by atoms with van der Waals surface area (Å²) in [5.41, 5.74) is 1.28. The molecule has 3 nitrogen and oxygen atoms in total. The van der Waals surface area contributed by atoms with Crippen LogP contribution in [0.3, 0.4) is 0 Å². The molecule has 0 spiro atoms. The number of hydrogen-bond acceptors (Lipinski definition) is 3. The predicted molar refractivity (Wildman–Crippen MR) is 67.2 cm³/mol. The van der Waals surface area contributed by atoms with Crippen molar-refractivity contribution in [1.29, 1.82) is 0 Å². The minimum Gasteiger partial charge on any atom is -0.479 e. The molecule has 0 saturated heterocycles. The van der Waals surface area contributed by atoms with Gasteiger partial charge in [-0.1, -0.05) is 25.5 Å². The van der Waals surface area contributed by atoms with Gasteiger partial charge in [-0.2, -0.15) is 0 Å². The van der Waals surface area contributed by atoms with Gasteiger partial charge in [0.15, 0.2) is 6.10 Å². The molecule has 0 aliphatic carbocycles. The van der Waals surface area contributed by atoms with Crippen LogP contribution in [0.4, 0.5) is 0 Å². The first-order valence-electron chi connectivity index (χ1n) is 6.09. The Morgan fingerprint density at radius 2 is 1.88 bits per heavy atom. The molecule has 94 valence electrons. The summed E-state index contributed by atoms with van der Waals surface area (Å²) in [6.45, 7) is 6.00. The van der Waals surface area contributed by atoms with E-state index in [0.717, 1.165) is 12.8 Å². The number of hydrogen-bond donors (Lipinski definition) is 0.